The van der Waals surface area contributed by atoms with Gasteiger partial charge in [-0.05, 0) is 43.0 Å². The van der Waals surface area contributed by atoms with Crippen LogP contribution < -0.4 is 4.90 Å². The topological polar surface area (TPSA) is 20.3 Å². The van der Waals surface area contributed by atoms with Gasteiger partial charge in [0.2, 0.25) is 0 Å². The molecule has 0 aromatic heterocycles. The molecule has 0 saturated carbocycles. The molecule has 0 N–H and O–H groups in total. The summed E-state index contributed by atoms with van der Waals surface area (Å²) in [5, 5.41) is 0. The largest absolute Gasteiger partial charge is 0.371 e. The Morgan fingerprint density at radius 2 is 2.07 bits per heavy atom. The van der Waals surface area contributed by atoms with Crippen molar-refractivity contribution in [3.05, 3.63) is 29.8 Å². The number of piperidine rings is 1. The second-order valence-electron chi connectivity index (χ2n) is 4.40. The van der Waals surface area contributed by atoms with E-state index in [0.29, 0.717) is 0 Å². The molecule has 2 nitrogen and oxygen atoms in total. The quantitative estimate of drug-likeness (QED) is 0.689. The van der Waals surface area contributed by atoms with Crippen LogP contribution in [0.3, 0.4) is 0 Å². The molecule has 0 spiro atoms. The monoisotopic (exact) mass is 203 g/mol. The molecule has 1 heterocycles. The van der Waals surface area contributed by atoms with Crippen molar-refractivity contribution in [2.75, 3.05) is 18.0 Å². The van der Waals surface area contributed by atoms with Crippen LogP contribution in [0.4, 0.5) is 5.69 Å². The molecule has 1 fully saturated rings. The molecule has 0 amide bonds. The van der Waals surface area contributed by atoms with Gasteiger partial charge in [-0.15, -0.1) is 0 Å². The van der Waals surface area contributed by atoms with Crippen molar-refractivity contribution in [1.82, 2.24) is 0 Å². The van der Waals surface area contributed by atoms with Gasteiger partial charge >= 0.3 is 0 Å². The highest BCUT2D eigenvalue weighted by Crippen LogP contribution is 2.22. The van der Waals surface area contributed by atoms with E-state index >= 15 is 0 Å². The molecule has 2 heteroatoms. The minimum absolute atomic E-state index is 0.754. The molecule has 1 saturated heterocycles. The lowest BCUT2D eigenvalue weighted by Gasteiger charge is -2.32. The van der Waals surface area contributed by atoms with Crippen LogP contribution in [-0.4, -0.2) is 19.4 Å². The number of carbonyl (C=O) groups is 1. The Morgan fingerprint density at radius 1 is 1.33 bits per heavy atom. The molecule has 1 aliphatic rings. The number of anilines is 1. The van der Waals surface area contributed by atoms with Gasteiger partial charge in [-0.3, -0.25) is 4.79 Å². The van der Waals surface area contributed by atoms with E-state index in [2.05, 4.69) is 11.8 Å². The van der Waals surface area contributed by atoms with Crippen LogP contribution in [-0.2, 0) is 0 Å². The molecule has 0 aliphatic carbocycles. The molecule has 1 unspecified atom stereocenters. The van der Waals surface area contributed by atoms with Crippen molar-refractivity contribution in [2.45, 2.75) is 19.8 Å². The number of aldehydes is 1. The first kappa shape index (κ1) is 10.2. The zero-order chi connectivity index (χ0) is 10.7. The van der Waals surface area contributed by atoms with Crippen molar-refractivity contribution >= 4 is 12.0 Å². The van der Waals surface area contributed by atoms with Crippen LogP contribution in [0.2, 0.25) is 0 Å². The highest BCUT2D eigenvalue weighted by atomic mass is 16.1. The number of nitrogens with zero attached hydrogens (tertiary/aromatic N) is 1. The van der Waals surface area contributed by atoms with E-state index in [9.17, 15) is 4.79 Å². The van der Waals surface area contributed by atoms with E-state index in [4.69, 9.17) is 0 Å². The Morgan fingerprint density at radius 3 is 2.67 bits per heavy atom. The lowest BCUT2D eigenvalue weighted by Crippen LogP contribution is -2.34. The Kier molecular flexibility index (Phi) is 3.05. The Bertz CT molecular complexity index is 331. The van der Waals surface area contributed by atoms with Crippen LogP contribution >= 0.6 is 0 Å². The van der Waals surface area contributed by atoms with Crippen molar-refractivity contribution < 1.29 is 4.79 Å². The SMILES string of the molecule is CC1CCCN(c2ccc(C=O)cc2)C1. The number of hydrogen-bond donors (Lipinski definition) is 0. The van der Waals surface area contributed by atoms with Gasteiger partial charge in [0.1, 0.15) is 6.29 Å². The van der Waals surface area contributed by atoms with Gasteiger partial charge in [0, 0.05) is 24.3 Å². The zero-order valence-electron chi connectivity index (χ0n) is 9.15. The maximum Gasteiger partial charge on any atom is 0.150 e. The third-order valence-electron chi connectivity index (χ3n) is 3.05. The van der Waals surface area contributed by atoms with Gasteiger partial charge in [-0.25, -0.2) is 0 Å². The lowest BCUT2D eigenvalue weighted by molar-refractivity contribution is 0.112. The number of carbonyl (C=O) groups excluding carboxylic acids is 1. The average Bonchev–Trinajstić information content (AvgIpc) is 2.29. The first-order valence-corrected chi connectivity index (χ1v) is 5.60. The predicted molar refractivity (Wildman–Crippen MR) is 62.4 cm³/mol. The van der Waals surface area contributed by atoms with E-state index in [1.165, 1.54) is 18.5 Å². The summed E-state index contributed by atoms with van der Waals surface area (Å²) in [6.45, 7) is 4.58. The maximum absolute atomic E-state index is 10.5. The summed E-state index contributed by atoms with van der Waals surface area (Å²) >= 11 is 0. The van der Waals surface area contributed by atoms with E-state index in [0.717, 1.165) is 30.9 Å². The van der Waals surface area contributed by atoms with Gasteiger partial charge in [0.25, 0.3) is 0 Å². The predicted octanol–water partition coefficient (Wildman–Crippen LogP) is 2.74. The van der Waals surface area contributed by atoms with Crippen LogP contribution in [0.5, 0.6) is 0 Å². The van der Waals surface area contributed by atoms with Crippen LogP contribution in [0.1, 0.15) is 30.1 Å². The first-order valence-electron chi connectivity index (χ1n) is 5.60. The van der Waals surface area contributed by atoms with Crippen LogP contribution in [0, 0.1) is 5.92 Å². The van der Waals surface area contributed by atoms with E-state index < -0.39 is 0 Å². The molecule has 1 aromatic carbocycles. The van der Waals surface area contributed by atoms with Crippen molar-refractivity contribution in [1.29, 1.82) is 0 Å². The molecule has 1 atom stereocenters. The standard InChI is InChI=1S/C13H17NO/c1-11-3-2-8-14(9-11)13-6-4-12(10-15)5-7-13/h4-7,10-11H,2-3,8-9H2,1H3. The maximum atomic E-state index is 10.5. The van der Waals surface area contributed by atoms with Gasteiger partial charge in [0.05, 0.1) is 0 Å². The van der Waals surface area contributed by atoms with Crippen molar-refractivity contribution in [3.63, 3.8) is 0 Å². The van der Waals surface area contributed by atoms with E-state index in [1.807, 2.05) is 24.3 Å². The first-order chi connectivity index (χ1) is 7.29. The summed E-state index contributed by atoms with van der Waals surface area (Å²) in [6.07, 6.45) is 3.50. The second kappa shape index (κ2) is 4.47. The summed E-state index contributed by atoms with van der Waals surface area (Å²) in [4.78, 5) is 12.9. The smallest absolute Gasteiger partial charge is 0.150 e. The fraction of sp³-hybridized carbons (Fsp3) is 0.462. The third-order valence-corrected chi connectivity index (χ3v) is 3.05. The summed E-state index contributed by atoms with van der Waals surface area (Å²) < 4.78 is 0. The molecule has 1 aliphatic heterocycles. The van der Waals surface area contributed by atoms with E-state index in [1.54, 1.807) is 0 Å². The fourth-order valence-electron chi connectivity index (χ4n) is 2.19. The van der Waals surface area contributed by atoms with E-state index in [-0.39, 0.29) is 0 Å². The summed E-state index contributed by atoms with van der Waals surface area (Å²) in [5.74, 6) is 0.782. The summed E-state index contributed by atoms with van der Waals surface area (Å²) in [6, 6.07) is 7.87. The average molecular weight is 203 g/mol. The molecular formula is C13H17NO. The Balaban J connectivity index is 2.11. The molecule has 0 radical (unpaired) electrons. The number of benzene rings is 1. The zero-order valence-corrected chi connectivity index (χ0v) is 9.15. The molecule has 2 rings (SSSR count). The normalized spacial score (nSPS) is 21.4. The van der Waals surface area contributed by atoms with Gasteiger partial charge in [-0.2, -0.15) is 0 Å². The highest BCUT2D eigenvalue weighted by Gasteiger charge is 2.16. The Hall–Kier alpha value is -1.31. The third kappa shape index (κ3) is 2.38. The molecule has 1 aromatic rings. The van der Waals surface area contributed by atoms with Gasteiger partial charge in [-0.1, -0.05) is 6.92 Å². The minimum atomic E-state index is 0.754. The van der Waals surface area contributed by atoms with Crippen LogP contribution in [0.15, 0.2) is 24.3 Å². The number of rotatable bonds is 2. The molecule has 15 heavy (non-hydrogen) atoms. The number of hydrogen-bond acceptors (Lipinski definition) is 2. The fourth-order valence-corrected chi connectivity index (χ4v) is 2.19. The van der Waals surface area contributed by atoms with Crippen molar-refractivity contribution in [3.8, 4) is 0 Å². The highest BCUT2D eigenvalue weighted by molar-refractivity contribution is 5.75. The van der Waals surface area contributed by atoms with Crippen molar-refractivity contribution in [2.24, 2.45) is 5.92 Å². The van der Waals surface area contributed by atoms with Crippen LogP contribution in [0.25, 0.3) is 0 Å². The van der Waals surface area contributed by atoms with Gasteiger partial charge < -0.3 is 4.90 Å². The Labute approximate surface area is 90.9 Å². The minimum Gasteiger partial charge on any atom is -0.371 e. The molecule has 0 bridgehead atoms. The molecule has 80 valence electrons. The summed E-state index contributed by atoms with van der Waals surface area (Å²) in [5.41, 5.74) is 2.00. The van der Waals surface area contributed by atoms with Gasteiger partial charge in [0.15, 0.2) is 0 Å². The lowest BCUT2D eigenvalue weighted by atomic mass is 9.99. The molecular weight excluding hydrogens is 186 g/mol. The summed E-state index contributed by atoms with van der Waals surface area (Å²) in [7, 11) is 0. The second-order valence-corrected chi connectivity index (χ2v) is 4.40.